The molecule has 3 rings (SSSR count). The van der Waals surface area contributed by atoms with Crippen LogP contribution in [0.2, 0.25) is 0 Å². The molecule has 2 aliphatic heterocycles. The molecule has 3 unspecified atom stereocenters. The Hall–Kier alpha value is -0.900. The maximum Gasteiger partial charge on any atom is 0.0585 e. The van der Waals surface area contributed by atoms with E-state index in [1.54, 1.807) is 0 Å². The van der Waals surface area contributed by atoms with Crippen LogP contribution in [0.5, 0.6) is 0 Å². The van der Waals surface area contributed by atoms with Crippen molar-refractivity contribution in [1.82, 2.24) is 4.90 Å². The molecule has 0 saturated carbocycles. The van der Waals surface area contributed by atoms with Crippen molar-refractivity contribution in [3.05, 3.63) is 35.9 Å². The highest BCUT2D eigenvalue weighted by molar-refractivity contribution is 5.15. The zero-order valence-corrected chi connectivity index (χ0v) is 11.4. The van der Waals surface area contributed by atoms with Crippen molar-refractivity contribution in [2.75, 3.05) is 6.61 Å². The lowest BCUT2D eigenvalue weighted by Crippen LogP contribution is -2.47. The lowest BCUT2D eigenvalue weighted by atomic mass is 9.85. The monoisotopic (exact) mass is 260 g/mol. The Bertz CT molecular complexity index is 394. The summed E-state index contributed by atoms with van der Waals surface area (Å²) in [6, 6.07) is 12.0. The third-order valence-corrected chi connectivity index (χ3v) is 4.95. The van der Waals surface area contributed by atoms with E-state index in [0.29, 0.717) is 18.0 Å². The van der Waals surface area contributed by atoms with Gasteiger partial charge in [0.05, 0.1) is 6.61 Å². The molecule has 3 nitrogen and oxygen atoms in total. The number of nitrogens with two attached hydrogens (primary N) is 1. The molecule has 3 atom stereocenters. The van der Waals surface area contributed by atoms with E-state index in [1.165, 1.54) is 18.4 Å². The van der Waals surface area contributed by atoms with E-state index in [1.807, 2.05) is 0 Å². The molecule has 2 saturated heterocycles. The highest BCUT2D eigenvalue weighted by Gasteiger charge is 2.41. The van der Waals surface area contributed by atoms with Crippen LogP contribution in [0, 0.1) is 5.92 Å². The van der Waals surface area contributed by atoms with Crippen molar-refractivity contribution in [1.29, 1.82) is 0 Å². The zero-order valence-electron chi connectivity index (χ0n) is 11.4. The second-order valence-electron chi connectivity index (χ2n) is 6.12. The standard InChI is InChI=1S/C16H24N2O/c17-16(11-19)13-8-14-6-7-15(9-13)18(14)10-12-4-2-1-3-5-12/h1-5,13-16,19H,6-11,17H2. The minimum absolute atomic E-state index is 0.0259. The number of benzene rings is 1. The Morgan fingerprint density at radius 2 is 1.79 bits per heavy atom. The molecule has 3 N–H and O–H groups in total. The third kappa shape index (κ3) is 2.69. The predicted octanol–water partition coefficient (Wildman–Crippen LogP) is 1.75. The summed E-state index contributed by atoms with van der Waals surface area (Å²) in [6.45, 7) is 1.19. The van der Waals surface area contributed by atoms with Crippen molar-refractivity contribution in [2.45, 2.75) is 50.4 Å². The second kappa shape index (κ2) is 5.61. The van der Waals surface area contributed by atoms with Gasteiger partial charge in [0, 0.05) is 24.7 Å². The highest BCUT2D eigenvalue weighted by atomic mass is 16.3. The summed E-state index contributed by atoms with van der Waals surface area (Å²) in [5, 5.41) is 9.24. The first-order valence-electron chi connectivity index (χ1n) is 7.44. The van der Waals surface area contributed by atoms with E-state index in [-0.39, 0.29) is 12.6 Å². The second-order valence-corrected chi connectivity index (χ2v) is 6.12. The zero-order chi connectivity index (χ0) is 13.2. The van der Waals surface area contributed by atoms with Gasteiger partial charge >= 0.3 is 0 Å². The fourth-order valence-electron chi connectivity index (χ4n) is 3.87. The Labute approximate surface area is 115 Å². The number of hydrogen-bond acceptors (Lipinski definition) is 3. The van der Waals surface area contributed by atoms with Crippen LogP contribution >= 0.6 is 0 Å². The molecular formula is C16H24N2O. The first-order valence-corrected chi connectivity index (χ1v) is 7.44. The molecule has 0 spiro atoms. The van der Waals surface area contributed by atoms with Crippen LogP contribution in [0.3, 0.4) is 0 Å². The number of fused-ring (bicyclic) bond motifs is 2. The van der Waals surface area contributed by atoms with E-state index in [9.17, 15) is 5.11 Å². The van der Waals surface area contributed by atoms with Gasteiger partial charge in [-0.15, -0.1) is 0 Å². The molecule has 2 aliphatic rings. The molecule has 104 valence electrons. The van der Waals surface area contributed by atoms with Gasteiger partial charge in [0.2, 0.25) is 0 Å². The predicted molar refractivity (Wildman–Crippen MR) is 76.6 cm³/mol. The topological polar surface area (TPSA) is 49.5 Å². The Morgan fingerprint density at radius 3 is 2.37 bits per heavy atom. The molecule has 1 aromatic carbocycles. The van der Waals surface area contributed by atoms with Gasteiger partial charge in [0.15, 0.2) is 0 Å². The van der Waals surface area contributed by atoms with Crippen LogP contribution in [0.4, 0.5) is 0 Å². The molecule has 2 heterocycles. The Kier molecular flexibility index (Phi) is 3.87. The van der Waals surface area contributed by atoms with E-state index >= 15 is 0 Å². The van der Waals surface area contributed by atoms with Gasteiger partial charge in [-0.3, -0.25) is 4.90 Å². The minimum Gasteiger partial charge on any atom is -0.395 e. The van der Waals surface area contributed by atoms with E-state index in [0.717, 1.165) is 19.4 Å². The first kappa shape index (κ1) is 13.1. The molecular weight excluding hydrogens is 236 g/mol. The summed E-state index contributed by atoms with van der Waals surface area (Å²) in [4.78, 5) is 2.66. The van der Waals surface area contributed by atoms with Crippen LogP contribution < -0.4 is 5.73 Å². The summed E-state index contributed by atoms with van der Waals surface area (Å²) in [7, 11) is 0. The van der Waals surface area contributed by atoms with Crippen molar-refractivity contribution in [3.8, 4) is 0 Å². The fraction of sp³-hybridized carbons (Fsp3) is 0.625. The minimum atomic E-state index is -0.0259. The summed E-state index contributed by atoms with van der Waals surface area (Å²) < 4.78 is 0. The average molecular weight is 260 g/mol. The van der Waals surface area contributed by atoms with Crippen LogP contribution in [-0.2, 0) is 6.54 Å². The number of nitrogens with zero attached hydrogens (tertiary/aromatic N) is 1. The molecule has 0 amide bonds. The fourth-order valence-corrected chi connectivity index (χ4v) is 3.87. The Balaban J connectivity index is 1.67. The number of rotatable bonds is 4. The van der Waals surface area contributed by atoms with Crippen LogP contribution in [0.1, 0.15) is 31.2 Å². The van der Waals surface area contributed by atoms with E-state index < -0.39 is 0 Å². The third-order valence-electron chi connectivity index (χ3n) is 4.95. The maximum absolute atomic E-state index is 9.24. The largest absolute Gasteiger partial charge is 0.395 e. The van der Waals surface area contributed by atoms with Gasteiger partial charge in [-0.05, 0) is 37.2 Å². The molecule has 0 aliphatic carbocycles. The molecule has 2 fully saturated rings. The Morgan fingerprint density at radius 1 is 1.16 bits per heavy atom. The normalized spacial score (nSPS) is 32.4. The quantitative estimate of drug-likeness (QED) is 0.867. The lowest BCUT2D eigenvalue weighted by Gasteiger charge is -2.40. The molecule has 2 bridgehead atoms. The molecule has 0 radical (unpaired) electrons. The van der Waals surface area contributed by atoms with Crippen LogP contribution in [-0.4, -0.2) is 34.7 Å². The van der Waals surface area contributed by atoms with Crippen LogP contribution in [0.15, 0.2) is 30.3 Å². The summed E-state index contributed by atoms with van der Waals surface area (Å²) >= 11 is 0. The van der Waals surface area contributed by atoms with Gasteiger partial charge < -0.3 is 10.8 Å². The van der Waals surface area contributed by atoms with Crippen molar-refractivity contribution >= 4 is 0 Å². The van der Waals surface area contributed by atoms with Gasteiger partial charge in [-0.25, -0.2) is 0 Å². The van der Waals surface area contributed by atoms with Gasteiger partial charge in [-0.1, -0.05) is 30.3 Å². The lowest BCUT2D eigenvalue weighted by molar-refractivity contribution is 0.0746. The first-order chi connectivity index (χ1) is 9.28. The van der Waals surface area contributed by atoms with Crippen molar-refractivity contribution < 1.29 is 5.11 Å². The number of hydrogen-bond donors (Lipinski definition) is 2. The number of aliphatic hydroxyl groups excluding tert-OH is 1. The molecule has 19 heavy (non-hydrogen) atoms. The smallest absolute Gasteiger partial charge is 0.0585 e. The molecule has 3 heteroatoms. The van der Waals surface area contributed by atoms with Gasteiger partial charge in [0.1, 0.15) is 0 Å². The average Bonchev–Trinajstić information content (AvgIpc) is 2.69. The summed E-state index contributed by atoms with van der Waals surface area (Å²) in [5.41, 5.74) is 7.44. The number of aliphatic hydroxyl groups is 1. The maximum atomic E-state index is 9.24. The SMILES string of the molecule is NC(CO)C1CC2CCC(C1)N2Cc1ccccc1. The highest BCUT2D eigenvalue weighted by Crippen LogP contribution is 2.40. The van der Waals surface area contributed by atoms with E-state index in [2.05, 4.69) is 35.2 Å². The van der Waals surface area contributed by atoms with Gasteiger partial charge in [0.25, 0.3) is 0 Å². The van der Waals surface area contributed by atoms with E-state index in [4.69, 9.17) is 5.73 Å². The van der Waals surface area contributed by atoms with Crippen LogP contribution in [0.25, 0.3) is 0 Å². The summed E-state index contributed by atoms with van der Waals surface area (Å²) in [5.74, 6) is 0.509. The van der Waals surface area contributed by atoms with Crippen molar-refractivity contribution in [3.63, 3.8) is 0 Å². The van der Waals surface area contributed by atoms with Crippen molar-refractivity contribution in [2.24, 2.45) is 11.7 Å². The van der Waals surface area contributed by atoms with Gasteiger partial charge in [-0.2, -0.15) is 0 Å². The molecule has 0 aromatic heterocycles. The summed E-state index contributed by atoms with van der Waals surface area (Å²) in [6.07, 6.45) is 4.91. The molecule has 1 aromatic rings. The number of piperidine rings is 1.